The van der Waals surface area contributed by atoms with Gasteiger partial charge in [0.05, 0.1) is 13.2 Å². The van der Waals surface area contributed by atoms with Crippen LogP contribution in [0.5, 0.6) is 11.5 Å². The van der Waals surface area contributed by atoms with Crippen molar-refractivity contribution in [3.05, 3.63) is 46.5 Å². The quantitative estimate of drug-likeness (QED) is 0.558. The van der Waals surface area contributed by atoms with Gasteiger partial charge in [0.15, 0.2) is 0 Å². The van der Waals surface area contributed by atoms with Crippen molar-refractivity contribution >= 4 is 0 Å². The minimum Gasteiger partial charge on any atom is -0.494 e. The third-order valence-electron chi connectivity index (χ3n) is 5.03. The highest BCUT2D eigenvalue weighted by Crippen LogP contribution is 2.41. The van der Waals surface area contributed by atoms with Gasteiger partial charge >= 0.3 is 0 Å². The van der Waals surface area contributed by atoms with Gasteiger partial charge < -0.3 is 9.47 Å². The molecule has 0 aromatic heterocycles. The highest BCUT2D eigenvalue weighted by Gasteiger charge is 2.23. The molecule has 2 aromatic carbocycles. The molecule has 0 aliphatic rings. The number of hydrogen-bond acceptors (Lipinski definition) is 2. The van der Waals surface area contributed by atoms with Crippen molar-refractivity contribution < 1.29 is 9.47 Å². The van der Waals surface area contributed by atoms with Gasteiger partial charge in [0.25, 0.3) is 0 Å². The second kappa shape index (κ2) is 8.19. The molecule has 0 N–H and O–H groups in total. The zero-order valence-corrected chi connectivity index (χ0v) is 19.4. The van der Waals surface area contributed by atoms with Crippen molar-refractivity contribution in [3.63, 3.8) is 0 Å². The van der Waals surface area contributed by atoms with Crippen LogP contribution in [0, 0.1) is 26.0 Å². The Labute approximate surface area is 172 Å². The van der Waals surface area contributed by atoms with Crippen LogP contribution in [0.1, 0.15) is 77.6 Å². The normalized spacial score (nSPS) is 12.2. The zero-order chi connectivity index (χ0) is 21.3. The summed E-state index contributed by atoms with van der Waals surface area (Å²) in [5.74, 6) is 1.85. The van der Waals surface area contributed by atoms with Gasteiger partial charge in [0.1, 0.15) is 11.5 Å². The molecule has 2 aromatic rings. The third-order valence-corrected chi connectivity index (χ3v) is 5.03. The highest BCUT2D eigenvalue weighted by molar-refractivity contribution is 5.75. The Morgan fingerprint density at radius 1 is 0.679 bits per heavy atom. The van der Waals surface area contributed by atoms with Crippen molar-refractivity contribution in [1.29, 1.82) is 0 Å². The summed E-state index contributed by atoms with van der Waals surface area (Å²) in [6, 6.07) is 11.6. The smallest absolute Gasteiger partial charge is 0.123 e. The second-order valence-corrected chi connectivity index (χ2v) is 9.46. The topological polar surface area (TPSA) is 18.5 Å². The predicted octanol–water partition coefficient (Wildman–Crippen LogP) is 6.96. The van der Waals surface area contributed by atoms with Gasteiger partial charge in [0.2, 0.25) is 0 Å². The third kappa shape index (κ3) is 4.71. The van der Waals surface area contributed by atoms with Crippen molar-refractivity contribution in [2.24, 2.45) is 0 Å². The molecule has 0 heterocycles. The molecular formula is C26H36O2. The lowest BCUT2D eigenvalue weighted by Crippen LogP contribution is -2.14. The van der Waals surface area contributed by atoms with E-state index in [4.69, 9.17) is 9.47 Å². The van der Waals surface area contributed by atoms with E-state index in [1.807, 2.05) is 13.8 Å². The van der Waals surface area contributed by atoms with E-state index in [-0.39, 0.29) is 10.8 Å². The summed E-state index contributed by atoms with van der Waals surface area (Å²) in [5.41, 5.74) is 6.55. The molecule has 28 heavy (non-hydrogen) atoms. The van der Waals surface area contributed by atoms with E-state index in [1.54, 1.807) is 0 Å². The fourth-order valence-electron chi connectivity index (χ4n) is 3.17. The van der Waals surface area contributed by atoms with Crippen molar-refractivity contribution in [3.8, 4) is 22.6 Å². The van der Waals surface area contributed by atoms with Crippen LogP contribution >= 0.6 is 0 Å². The minimum atomic E-state index is -0.0212. The molecule has 0 aliphatic carbocycles. The van der Waals surface area contributed by atoms with Crippen molar-refractivity contribution in [1.82, 2.24) is 0 Å². The van der Waals surface area contributed by atoms with Crippen LogP contribution in [-0.2, 0) is 10.8 Å². The Bertz CT molecular complexity index is 761. The average Bonchev–Trinajstić information content (AvgIpc) is 2.57. The maximum Gasteiger partial charge on any atom is 0.123 e. The Morgan fingerprint density at radius 2 is 1.00 bits per heavy atom. The van der Waals surface area contributed by atoms with Gasteiger partial charge in [-0.2, -0.15) is 0 Å². The molecule has 0 spiro atoms. The molecule has 2 nitrogen and oxygen atoms in total. The van der Waals surface area contributed by atoms with Crippen LogP contribution in [0.2, 0.25) is 0 Å². The molecule has 0 aliphatic heterocycles. The number of hydrogen-bond donors (Lipinski definition) is 0. The summed E-state index contributed by atoms with van der Waals surface area (Å²) in [5, 5.41) is 0. The molecule has 0 unspecified atom stereocenters. The molecule has 2 rings (SSSR count). The van der Waals surface area contributed by atoms with E-state index >= 15 is 0 Å². The first-order valence-electron chi connectivity index (χ1n) is 10.3. The van der Waals surface area contributed by atoms with E-state index in [0.717, 1.165) is 44.9 Å². The Kier molecular flexibility index (Phi) is 6.53. The summed E-state index contributed by atoms with van der Waals surface area (Å²) in [6.07, 6.45) is 0. The first-order chi connectivity index (χ1) is 12.9. The Hall–Kier alpha value is -1.96. The van der Waals surface area contributed by atoms with Gasteiger partial charge in [-0.05, 0) is 96.2 Å². The second-order valence-electron chi connectivity index (χ2n) is 9.46. The van der Waals surface area contributed by atoms with Gasteiger partial charge in [-0.15, -0.1) is 0 Å². The molecule has 0 saturated heterocycles. The molecule has 152 valence electrons. The van der Waals surface area contributed by atoms with Gasteiger partial charge in [-0.1, -0.05) is 41.5 Å². The maximum absolute atomic E-state index is 5.98. The van der Waals surface area contributed by atoms with Crippen LogP contribution < -0.4 is 9.47 Å². The maximum atomic E-state index is 5.98. The molecule has 0 amide bonds. The highest BCUT2D eigenvalue weighted by atomic mass is 16.5. The first-order valence-corrected chi connectivity index (χ1v) is 10.3. The summed E-state index contributed by atoms with van der Waals surface area (Å²) in [4.78, 5) is 0. The van der Waals surface area contributed by atoms with Gasteiger partial charge in [-0.3, -0.25) is 0 Å². The van der Waals surface area contributed by atoms with E-state index < -0.39 is 0 Å². The molecule has 2 heteroatoms. The fourth-order valence-corrected chi connectivity index (χ4v) is 3.17. The lowest BCUT2D eigenvalue weighted by Gasteiger charge is -2.26. The number of rotatable bonds is 5. The lowest BCUT2D eigenvalue weighted by molar-refractivity contribution is 0.336. The molecule has 0 atom stereocenters. The monoisotopic (exact) mass is 380 g/mol. The molecule has 0 fully saturated rings. The first kappa shape index (κ1) is 22.3. The Morgan fingerprint density at radius 3 is 1.25 bits per heavy atom. The van der Waals surface area contributed by atoms with E-state index in [9.17, 15) is 0 Å². The largest absolute Gasteiger partial charge is 0.494 e. The zero-order valence-electron chi connectivity index (χ0n) is 19.4. The van der Waals surface area contributed by atoms with Gasteiger partial charge in [-0.25, -0.2) is 0 Å². The lowest BCUT2D eigenvalue weighted by atomic mass is 9.80. The van der Waals surface area contributed by atoms with Gasteiger partial charge in [0, 0.05) is 0 Å². The van der Waals surface area contributed by atoms with Crippen LogP contribution in [0.4, 0.5) is 0 Å². The van der Waals surface area contributed by atoms with Crippen LogP contribution in [0.15, 0.2) is 12.1 Å². The summed E-state index contributed by atoms with van der Waals surface area (Å²) >= 11 is 0. The minimum absolute atomic E-state index is 0.0212. The summed E-state index contributed by atoms with van der Waals surface area (Å²) in [6.45, 7) is 22.8. The van der Waals surface area contributed by atoms with Crippen LogP contribution in [-0.4, -0.2) is 13.2 Å². The van der Waals surface area contributed by atoms with E-state index in [2.05, 4.69) is 79.7 Å². The van der Waals surface area contributed by atoms with Crippen molar-refractivity contribution in [2.75, 3.05) is 13.2 Å². The number of benzene rings is 2. The fraction of sp³-hybridized carbons (Fsp3) is 0.538. The standard InChI is InChI=1S/C26H36O2/c1-11-27-23-15-19(25(5,6)7)13-21(17(23)3)22-14-20(26(8,9)10)16-24(18(22)4)28-12-2/h15-16H,11-12H2,1-10H3. The molecule has 0 bridgehead atoms. The summed E-state index contributed by atoms with van der Waals surface area (Å²) in [7, 11) is 0. The van der Waals surface area contributed by atoms with Crippen molar-refractivity contribution in [2.45, 2.75) is 80.1 Å². The Balaban J connectivity index is 2.85. The molecular weight excluding hydrogens is 344 g/mol. The summed E-state index contributed by atoms with van der Waals surface area (Å²) < 4.78 is 12.0. The average molecular weight is 381 g/mol. The molecule has 0 saturated carbocycles. The van der Waals surface area contributed by atoms with Crippen LogP contribution in [0.3, 0.4) is 0 Å². The SMILES string of the molecule is CCOc1cc(C(C)(C)C)[c]c(-c2[c]c(C(C)(C)C)cc(OCC)c2C)c1C. The van der Waals surface area contributed by atoms with E-state index in [0.29, 0.717) is 13.2 Å². The molecule has 2 radical (unpaired) electrons. The van der Waals surface area contributed by atoms with E-state index in [1.165, 1.54) is 0 Å². The number of ether oxygens (including phenoxy) is 2. The predicted molar refractivity (Wildman–Crippen MR) is 119 cm³/mol. The van der Waals surface area contributed by atoms with Crippen LogP contribution in [0.25, 0.3) is 11.1 Å².